The van der Waals surface area contributed by atoms with Crippen LogP contribution in [0.5, 0.6) is 0 Å². The van der Waals surface area contributed by atoms with Gasteiger partial charge in [-0.15, -0.1) is 6.58 Å². The average Bonchev–Trinajstić information content (AvgIpc) is 3.14. The van der Waals surface area contributed by atoms with Crippen LogP contribution in [0.15, 0.2) is 85.6 Å². The largest absolute Gasteiger partial charge is 0.345 e. The van der Waals surface area contributed by atoms with Crippen molar-refractivity contribution in [3.8, 4) is 0 Å². The van der Waals surface area contributed by atoms with Crippen LogP contribution in [0.25, 0.3) is 0 Å². The van der Waals surface area contributed by atoms with Gasteiger partial charge >= 0.3 is 0 Å². The highest BCUT2D eigenvalue weighted by atomic mass is 16.2. The first-order valence-electron chi connectivity index (χ1n) is 10.1. The molecule has 1 amide bonds. The molecule has 0 fully saturated rings. The topological polar surface area (TPSA) is 25.2 Å². The molecule has 3 aromatic rings. The van der Waals surface area contributed by atoms with Gasteiger partial charge in [0.1, 0.15) is 0 Å². The van der Waals surface area contributed by atoms with Gasteiger partial charge in [0.05, 0.1) is 6.54 Å². The lowest BCUT2D eigenvalue weighted by Gasteiger charge is -2.23. The molecule has 3 rings (SSSR count). The zero-order valence-electron chi connectivity index (χ0n) is 17.6. The quantitative estimate of drug-likeness (QED) is 0.481. The van der Waals surface area contributed by atoms with Crippen molar-refractivity contribution in [1.82, 2.24) is 9.47 Å². The Morgan fingerprint density at radius 3 is 2.31 bits per heavy atom. The standard InChI is InChI=1S/C26H30N2O/c1-5-17-28(25(29)22-13-15-23(16-14-22)26(2,3)4)20-24-12-9-18-27(24)19-21-10-7-6-8-11-21/h5-16,18H,1,17,19-20H2,2-4H3. The highest BCUT2D eigenvalue weighted by Crippen LogP contribution is 2.23. The van der Waals surface area contributed by atoms with E-state index in [4.69, 9.17) is 0 Å². The summed E-state index contributed by atoms with van der Waals surface area (Å²) in [6.07, 6.45) is 3.85. The van der Waals surface area contributed by atoms with E-state index in [0.717, 1.165) is 12.2 Å². The van der Waals surface area contributed by atoms with Crippen LogP contribution in [0.1, 0.15) is 48.0 Å². The Bertz CT molecular complexity index is 946. The van der Waals surface area contributed by atoms with Gasteiger partial charge in [-0.05, 0) is 40.8 Å². The van der Waals surface area contributed by atoms with Gasteiger partial charge < -0.3 is 9.47 Å². The molecule has 0 saturated carbocycles. The number of hydrogen-bond donors (Lipinski definition) is 0. The highest BCUT2D eigenvalue weighted by molar-refractivity contribution is 5.94. The van der Waals surface area contributed by atoms with Crippen LogP contribution < -0.4 is 0 Å². The number of hydrogen-bond acceptors (Lipinski definition) is 1. The van der Waals surface area contributed by atoms with Crippen molar-refractivity contribution >= 4 is 5.91 Å². The molecule has 1 aromatic heterocycles. The number of rotatable bonds is 7. The minimum atomic E-state index is 0.0258. The lowest BCUT2D eigenvalue weighted by atomic mass is 9.86. The van der Waals surface area contributed by atoms with Crippen molar-refractivity contribution in [3.63, 3.8) is 0 Å². The molecule has 150 valence electrons. The number of aromatic nitrogens is 1. The van der Waals surface area contributed by atoms with Crippen LogP contribution in [0.4, 0.5) is 0 Å². The van der Waals surface area contributed by atoms with Gasteiger partial charge in [0, 0.05) is 30.5 Å². The summed E-state index contributed by atoms with van der Waals surface area (Å²) in [7, 11) is 0. The van der Waals surface area contributed by atoms with Gasteiger partial charge in [-0.1, -0.05) is 69.3 Å². The van der Waals surface area contributed by atoms with Crippen LogP contribution in [0.2, 0.25) is 0 Å². The van der Waals surface area contributed by atoms with Crippen LogP contribution in [-0.2, 0) is 18.5 Å². The molecule has 3 heteroatoms. The Morgan fingerprint density at radius 2 is 1.69 bits per heavy atom. The summed E-state index contributed by atoms with van der Waals surface area (Å²) < 4.78 is 2.20. The second-order valence-electron chi connectivity index (χ2n) is 8.41. The molecule has 0 N–H and O–H groups in total. The minimum Gasteiger partial charge on any atom is -0.345 e. The predicted octanol–water partition coefficient (Wildman–Crippen LogP) is 5.66. The Kier molecular flexibility index (Phi) is 6.38. The fourth-order valence-electron chi connectivity index (χ4n) is 3.39. The molecular formula is C26H30N2O. The fourth-order valence-corrected chi connectivity index (χ4v) is 3.39. The first-order valence-corrected chi connectivity index (χ1v) is 10.1. The second-order valence-corrected chi connectivity index (χ2v) is 8.41. The number of benzene rings is 2. The maximum atomic E-state index is 13.2. The van der Waals surface area contributed by atoms with Gasteiger partial charge in [-0.2, -0.15) is 0 Å². The van der Waals surface area contributed by atoms with E-state index in [1.165, 1.54) is 11.1 Å². The van der Waals surface area contributed by atoms with Crippen molar-refractivity contribution in [1.29, 1.82) is 0 Å². The summed E-state index contributed by atoms with van der Waals surface area (Å²) in [4.78, 5) is 15.0. The van der Waals surface area contributed by atoms with Crippen molar-refractivity contribution in [2.75, 3.05) is 6.54 Å². The van der Waals surface area contributed by atoms with Crippen LogP contribution >= 0.6 is 0 Å². The maximum Gasteiger partial charge on any atom is 0.254 e. The average molecular weight is 387 g/mol. The summed E-state index contributed by atoms with van der Waals surface area (Å²) in [5.41, 5.74) is 4.35. The van der Waals surface area contributed by atoms with E-state index in [2.05, 4.69) is 68.4 Å². The molecule has 1 heterocycles. The van der Waals surface area contributed by atoms with E-state index in [1.807, 2.05) is 41.3 Å². The molecular weight excluding hydrogens is 356 g/mol. The highest BCUT2D eigenvalue weighted by Gasteiger charge is 2.18. The number of carbonyl (C=O) groups is 1. The molecule has 0 unspecified atom stereocenters. The Morgan fingerprint density at radius 1 is 1.00 bits per heavy atom. The molecule has 0 radical (unpaired) electrons. The Hall–Kier alpha value is -3.07. The summed E-state index contributed by atoms with van der Waals surface area (Å²) >= 11 is 0. The van der Waals surface area contributed by atoms with E-state index in [1.54, 1.807) is 6.08 Å². The summed E-state index contributed by atoms with van der Waals surface area (Å²) in [6, 6.07) is 22.4. The first kappa shape index (κ1) is 20.7. The molecule has 3 nitrogen and oxygen atoms in total. The number of nitrogens with zero attached hydrogens (tertiary/aromatic N) is 2. The van der Waals surface area contributed by atoms with Gasteiger partial charge in [-0.3, -0.25) is 4.79 Å². The minimum absolute atomic E-state index is 0.0258. The molecule has 0 bridgehead atoms. The van der Waals surface area contributed by atoms with Crippen molar-refractivity contribution < 1.29 is 4.79 Å². The Balaban J connectivity index is 1.78. The lowest BCUT2D eigenvalue weighted by molar-refractivity contribution is 0.0759. The zero-order valence-corrected chi connectivity index (χ0v) is 17.6. The van der Waals surface area contributed by atoms with Crippen LogP contribution in [0.3, 0.4) is 0 Å². The Labute approximate surface area is 174 Å². The molecule has 0 saturated heterocycles. The second kappa shape index (κ2) is 8.95. The van der Waals surface area contributed by atoms with Crippen LogP contribution in [0, 0.1) is 0 Å². The molecule has 0 aliphatic heterocycles. The summed E-state index contributed by atoms with van der Waals surface area (Å²) in [5.74, 6) is 0.0258. The SMILES string of the molecule is C=CCN(Cc1cccn1Cc1ccccc1)C(=O)c1ccc(C(C)(C)C)cc1. The number of amides is 1. The monoisotopic (exact) mass is 386 g/mol. The van der Waals surface area contributed by atoms with Gasteiger partial charge in [0.15, 0.2) is 0 Å². The molecule has 0 aliphatic rings. The van der Waals surface area contributed by atoms with Crippen molar-refractivity contribution in [2.45, 2.75) is 39.3 Å². The fraction of sp³-hybridized carbons (Fsp3) is 0.269. The van der Waals surface area contributed by atoms with Gasteiger partial charge in [-0.25, -0.2) is 0 Å². The van der Waals surface area contributed by atoms with Gasteiger partial charge in [0.25, 0.3) is 5.91 Å². The first-order chi connectivity index (χ1) is 13.9. The van der Waals surface area contributed by atoms with Crippen molar-refractivity contribution in [2.24, 2.45) is 0 Å². The third-order valence-corrected chi connectivity index (χ3v) is 5.11. The molecule has 0 aliphatic carbocycles. The molecule has 2 aromatic carbocycles. The van der Waals surface area contributed by atoms with Crippen LogP contribution in [-0.4, -0.2) is 21.9 Å². The van der Waals surface area contributed by atoms with E-state index in [-0.39, 0.29) is 11.3 Å². The third kappa shape index (κ3) is 5.26. The normalized spacial score (nSPS) is 11.3. The predicted molar refractivity (Wildman–Crippen MR) is 120 cm³/mol. The summed E-state index contributed by atoms with van der Waals surface area (Å²) in [5, 5.41) is 0. The molecule has 0 atom stereocenters. The lowest BCUT2D eigenvalue weighted by Crippen LogP contribution is -2.31. The molecule has 0 spiro atoms. The summed E-state index contributed by atoms with van der Waals surface area (Å²) in [6.45, 7) is 12.2. The van der Waals surface area contributed by atoms with Crippen molar-refractivity contribution in [3.05, 3.63) is 108 Å². The zero-order chi connectivity index (χ0) is 20.9. The van der Waals surface area contributed by atoms with E-state index in [0.29, 0.717) is 18.7 Å². The van der Waals surface area contributed by atoms with E-state index in [9.17, 15) is 4.79 Å². The van der Waals surface area contributed by atoms with Gasteiger partial charge in [0.2, 0.25) is 0 Å². The molecule has 29 heavy (non-hydrogen) atoms. The smallest absolute Gasteiger partial charge is 0.254 e. The maximum absolute atomic E-state index is 13.2. The van der Waals surface area contributed by atoms with E-state index < -0.39 is 0 Å². The third-order valence-electron chi connectivity index (χ3n) is 5.11. The van der Waals surface area contributed by atoms with E-state index >= 15 is 0 Å². The number of carbonyl (C=O) groups excluding carboxylic acids is 1.